The highest BCUT2D eigenvalue weighted by Crippen LogP contribution is 2.42. The van der Waals surface area contributed by atoms with Crippen LogP contribution >= 0.6 is 0 Å². The van der Waals surface area contributed by atoms with E-state index < -0.39 is 38.4 Å². The molecule has 0 heterocycles. The number of aliphatic hydroxyl groups is 1. The maximum Gasteiger partial charge on any atom is 0.119 e. The second-order valence-electron chi connectivity index (χ2n) is 4.83. The summed E-state index contributed by atoms with van der Waals surface area (Å²) in [7, 11) is -1.44. The smallest absolute Gasteiger partial charge is 0.119 e. The van der Waals surface area contributed by atoms with Crippen molar-refractivity contribution in [2.75, 3.05) is 27.6 Å². The molecule has 1 aliphatic carbocycles. The van der Waals surface area contributed by atoms with Gasteiger partial charge >= 0.3 is 0 Å². The van der Waals surface area contributed by atoms with Crippen molar-refractivity contribution >= 4 is 0 Å². The van der Waals surface area contributed by atoms with Gasteiger partial charge in [-0.2, -0.15) is 0 Å². The molecule has 1 saturated carbocycles. The summed E-state index contributed by atoms with van der Waals surface area (Å²) in [5.74, 6) is -1.98. The third-order valence-corrected chi connectivity index (χ3v) is 3.35. The van der Waals surface area contributed by atoms with Gasteiger partial charge in [0.2, 0.25) is 0 Å². The highest BCUT2D eigenvalue weighted by molar-refractivity contribution is 5.33. The normalized spacial score (nSPS) is 42.4. The minimum atomic E-state index is -2.73. The number of ether oxygens (including phenoxy) is 1. The van der Waals surface area contributed by atoms with Gasteiger partial charge in [0.1, 0.15) is 5.75 Å². The van der Waals surface area contributed by atoms with Crippen LogP contribution in [0.3, 0.4) is 0 Å². The molecule has 1 aromatic carbocycles. The lowest BCUT2D eigenvalue weighted by Gasteiger charge is -2.41. The molecule has 1 aliphatic rings. The summed E-state index contributed by atoms with van der Waals surface area (Å²) in [6, 6.07) is 5.37. The summed E-state index contributed by atoms with van der Waals surface area (Å²) in [6.07, 6.45) is -1.87. The maximum absolute atomic E-state index is 11.6. The molecule has 3 nitrogen and oxygen atoms in total. The molecule has 1 fully saturated rings. The molecule has 0 spiro atoms. The van der Waals surface area contributed by atoms with E-state index in [4.69, 9.17) is 17.1 Å². The summed E-state index contributed by atoms with van der Waals surface area (Å²) >= 11 is 0. The van der Waals surface area contributed by atoms with E-state index in [2.05, 4.69) is 0 Å². The molecule has 1 N–H and O–H groups in total. The van der Waals surface area contributed by atoms with Crippen molar-refractivity contribution in [2.24, 2.45) is 5.89 Å². The molecule has 0 unspecified atom stereocenters. The van der Waals surface area contributed by atoms with Crippen LogP contribution in [0.25, 0.3) is 0 Å². The zero-order valence-corrected chi connectivity index (χ0v) is 10.9. The average molecular weight is 272 g/mol. The van der Waals surface area contributed by atoms with Gasteiger partial charge in [-0.1, -0.05) is 25.0 Å². The van der Waals surface area contributed by atoms with Crippen LogP contribution in [0.4, 0.5) is 0 Å². The molecule has 0 bridgehead atoms. The molecule has 2 rings (SSSR count). The molecule has 19 heavy (non-hydrogen) atoms. The quantitative estimate of drug-likeness (QED) is 0.914. The van der Waals surface area contributed by atoms with Gasteiger partial charge in [-0.15, -0.1) is 0 Å². The van der Waals surface area contributed by atoms with E-state index >= 15 is 0 Å². The van der Waals surface area contributed by atoms with E-state index in [1.54, 1.807) is 0 Å². The number of hydrogen-bond acceptors (Lipinski definition) is 3. The first kappa shape index (κ1) is 6.59. The molecule has 1 aromatic rings. The van der Waals surface area contributed by atoms with Crippen LogP contribution in [-0.4, -0.2) is 37.6 Å². The van der Waals surface area contributed by atoms with Gasteiger partial charge < -0.3 is 14.7 Å². The molecule has 2 atom stereocenters. The maximum atomic E-state index is 11.6. The van der Waals surface area contributed by atoms with Crippen LogP contribution in [0.5, 0.6) is 5.75 Å². The van der Waals surface area contributed by atoms with E-state index in [9.17, 15) is 5.11 Å². The zero-order chi connectivity index (χ0) is 21.6. The van der Waals surface area contributed by atoms with Gasteiger partial charge in [0.05, 0.1) is 16.8 Å². The number of hydrogen-bond donors (Lipinski definition) is 1. The fourth-order valence-corrected chi connectivity index (χ4v) is 2.45. The fraction of sp³-hybridized carbons (Fsp3) is 0.625. The Morgan fingerprint density at radius 2 is 2.53 bits per heavy atom. The van der Waals surface area contributed by atoms with Crippen molar-refractivity contribution in [1.29, 1.82) is 0 Å². The van der Waals surface area contributed by atoms with E-state index in [1.807, 2.05) is 0 Å². The standard InChI is InChI=1S/C16H25NO2/c1-17(2)12-14-7-4-5-10-16(14,18)13-8-6-9-15(11-13)19-3/h6,8-9,11,14,18H,4-5,7,10,12H2,1-3H3/t14-,16+/m0/s1/i1D3,3D3,10D2,14D. The van der Waals surface area contributed by atoms with E-state index in [0.717, 1.165) is 4.90 Å². The number of nitrogens with zero attached hydrogens (tertiary/aromatic N) is 1. The largest absolute Gasteiger partial charge is 0.497 e. The molecule has 0 aliphatic heterocycles. The van der Waals surface area contributed by atoms with Crippen LogP contribution in [0.15, 0.2) is 24.3 Å². The monoisotopic (exact) mass is 272 g/mol. The molecule has 0 amide bonds. The van der Waals surface area contributed by atoms with Crippen LogP contribution in [0.1, 0.15) is 43.5 Å². The Labute approximate surface area is 128 Å². The highest BCUT2D eigenvalue weighted by Gasteiger charge is 2.40. The van der Waals surface area contributed by atoms with Crippen molar-refractivity contribution in [3.8, 4) is 5.75 Å². The van der Waals surface area contributed by atoms with Crippen molar-refractivity contribution in [1.82, 2.24) is 4.90 Å². The minimum Gasteiger partial charge on any atom is -0.497 e. The summed E-state index contributed by atoms with van der Waals surface area (Å²) in [5.41, 5.74) is -2.39. The molecule has 0 aromatic heterocycles. The summed E-state index contributed by atoms with van der Waals surface area (Å²) in [5, 5.41) is 11.6. The summed E-state index contributed by atoms with van der Waals surface area (Å²) < 4.78 is 74.8. The predicted molar refractivity (Wildman–Crippen MR) is 77.4 cm³/mol. The lowest BCUT2D eigenvalue weighted by Crippen LogP contribution is -2.43. The molecule has 0 saturated heterocycles. The van der Waals surface area contributed by atoms with Crippen LogP contribution in [0, 0.1) is 5.89 Å². The Balaban J connectivity index is 2.55. The second-order valence-corrected chi connectivity index (χ2v) is 4.83. The first-order valence-electron chi connectivity index (χ1n) is 10.8. The van der Waals surface area contributed by atoms with E-state index in [1.165, 1.54) is 31.3 Å². The Bertz CT molecular complexity index is 706. The predicted octanol–water partition coefficient (Wildman–Crippen LogP) is 2.63. The Morgan fingerprint density at radius 3 is 3.32 bits per heavy atom. The van der Waals surface area contributed by atoms with Gasteiger partial charge in [0.25, 0.3) is 0 Å². The Morgan fingerprint density at radius 1 is 1.63 bits per heavy atom. The third-order valence-electron chi connectivity index (χ3n) is 3.35. The number of rotatable bonds is 4. The zero-order valence-electron chi connectivity index (χ0n) is 19.9. The van der Waals surface area contributed by atoms with Crippen molar-refractivity contribution in [2.45, 2.75) is 31.2 Å². The molecular formula is C16H25NO2. The topological polar surface area (TPSA) is 32.7 Å². The first-order valence-corrected chi connectivity index (χ1v) is 6.25. The SMILES string of the molecule is [2H]C([2H])([2H])Oc1cccc([C@]2(O)C([2H])([2H])CCC[C@@]2([2H])CN(C)C([2H])([2H])[2H])c1. The minimum absolute atomic E-state index is 0.0205. The first-order chi connectivity index (χ1) is 12.5. The van der Waals surface area contributed by atoms with Gasteiger partial charge in [0.15, 0.2) is 0 Å². The van der Waals surface area contributed by atoms with Gasteiger partial charge in [-0.25, -0.2) is 0 Å². The lowest BCUT2D eigenvalue weighted by atomic mass is 9.71. The van der Waals surface area contributed by atoms with Gasteiger partial charge in [-0.3, -0.25) is 0 Å². The number of benzene rings is 1. The van der Waals surface area contributed by atoms with Crippen LogP contribution < -0.4 is 4.74 Å². The molecular weight excluding hydrogens is 238 g/mol. The molecule has 0 radical (unpaired) electrons. The van der Waals surface area contributed by atoms with Gasteiger partial charge in [-0.05, 0) is 44.5 Å². The Kier molecular flexibility index (Phi) is 2.06. The van der Waals surface area contributed by atoms with Crippen molar-refractivity contribution < 1.29 is 22.2 Å². The van der Waals surface area contributed by atoms with Gasteiger partial charge in [0, 0.05) is 20.7 Å². The van der Waals surface area contributed by atoms with Crippen molar-refractivity contribution in [3.05, 3.63) is 29.8 Å². The van der Waals surface area contributed by atoms with E-state index in [0.29, 0.717) is 6.42 Å². The molecule has 106 valence electrons. The fourth-order valence-electron chi connectivity index (χ4n) is 2.45. The average Bonchev–Trinajstić information content (AvgIpc) is 2.50. The number of methoxy groups -OCH3 is 1. The third kappa shape index (κ3) is 3.10. The van der Waals surface area contributed by atoms with Crippen LogP contribution in [0.2, 0.25) is 0 Å². The summed E-state index contributed by atoms with van der Waals surface area (Å²) in [6.45, 7) is -2.91. The Hall–Kier alpha value is -1.06. The van der Waals surface area contributed by atoms with Crippen molar-refractivity contribution in [3.63, 3.8) is 0 Å². The molecule has 3 heteroatoms. The van der Waals surface area contributed by atoms with Crippen LogP contribution in [-0.2, 0) is 5.60 Å². The highest BCUT2D eigenvalue weighted by atomic mass is 16.5. The summed E-state index contributed by atoms with van der Waals surface area (Å²) in [4.78, 5) is 0.940. The lowest BCUT2D eigenvalue weighted by molar-refractivity contribution is -0.0619. The second kappa shape index (κ2) is 5.93. The van der Waals surface area contributed by atoms with E-state index in [-0.39, 0.29) is 24.2 Å².